The highest BCUT2D eigenvalue weighted by molar-refractivity contribution is 9.10. The van der Waals surface area contributed by atoms with E-state index in [1.165, 1.54) is 11.3 Å². The molecule has 0 spiro atoms. The fourth-order valence-electron chi connectivity index (χ4n) is 1.64. The minimum atomic E-state index is -0.265. The summed E-state index contributed by atoms with van der Waals surface area (Å²) in [6, 6.07) is 0. The molecule has 0 amide bonds. The summed E-state index contributed by atoms with van der Waals surface area (Å²) in [5.74, 6) is 0. The molecule has 2 rings (SSSR count). The van der Waals surface area contributed by atoms with Crippen LogP contribution in [0.4, 0.5) is 5.13 Å². The highest BCUT2D eigenvalue weighted by Gasteiger charge is 2.12. The van der Waals surface area contributed by atoms with Gasteiger partial charge >= 0.3 is 5.69 Å². The number of halogens is 1. The lowest BCUT2D eigenvalue weighted by Crippen LogP contribution is -2.26. The molecule has 6 nitrogen and oxygen atoms in total. The first-order valence-electron chi connectivity index (χ1n) is 5.82. The second kappa shape index (κ2) is 5.79. The molecule has 8 heteroatoms. The average molecular weight is 344 g/mol. The summed E-state index contributed by atoms with van der Waals surface area (Å²) in [6.45, 7) is 6.87. The summed E-state index contributed by atoms with van der Waals surface area (Å²) < 4.78 is 2.44. The van der Waals surface area contributed by atoms with Crippen LogP contribution in [0.3, 0.4) is 0 Å². The second-order valence-corrected chi connectivity index (χ2v) is 5.85. The first-order chi connectivity index (χ1) is 9.02. The van der Waals surface area contributed by atoms with Crippen LogP contribution in [0.25, 0.3) is 0 Å². The van der Waals surface area contributed by atoms with E-state index in [2.05, 4.69) is 36.4 Å². The van der Waals surface area contributed by atoms with Gasteiger partial charge in [-0.05, 0) is 36.7 Å². The third kappa shape index (κ3) is 3.01. The number of aromatic nitrogens is 4. The second-order valence-electron chi connectivity index (χ2n) is 4.00. The molecule has 0 aliphatic heterocycles. The fourth-order valence-corrected chi connectivity index (χ4v) is 2.74. The van der Waals surface area contributed by atoms with Crippen LogP contribution in [0.2, 0.25) is 0 Å². The largest absolute Gasteiger partial charge is 0.360 e. The van der Waals surface area contributed by atoms with Gasteiger partial charge in [0.25, 0.3) is 0 Å². The molecule has 0 bridgehead atoms. The fraction of sp³-hybridized carbons (Fsp3) is 0.455. The van der Waals surface area contributed by atoms with E-state index in [0.717, 1.165) is 26.9 Å². The summed E-state index contributed by atoms with van der Waals surface area (Å²) in [5, 5.41) is 12.7. The minimum Gasteiger partial charge on any atom is -0.360 e. The van der Waals surface area contributed by atoms with Crippen LogP contribution in [0, 0.1) is 13.8 Å². The Balaban J connectivity index is 2.32. The van der Waals surface area contributed by atoms with Crippen LogP contribution in [-0.4, -0.2) is 26.3 Å². The first kappa shape index (κ1) is 14.1. The maximum Gasteiger partial charge on any atom is 0.348 e. The molecule has 0 radical (unpaired) electrons. The van der Waals surface area contributed by atoms with Gasteiger partial charge in [-0.15, -0.1) is 10.2 Å². The number of hydrogen-bond donors (Lipinski definition) is 1. The Hall–Kier alpha value is -1.28. The molecule has 0 aromatic carbocycles. The lowest BCUT2D eigenvalue weighted by molar-refractivity contribution is 0.680. The predicted octanol–water partition coefficient (Wildman–Crippen LogP) is 1.95. The Kier molecular flexibility index (Phi) is 4.31. The molecule has 0 aliphatic rings. The van der Waals surface area contributed by atoms with Gasteiger partial charge in [0, 0.05) is 12.2 Å². The van der Waals surface area contributed by atoms with Gasteiger partial charge in [-0.2, -0.15) is 4.98 Å². The molecule has 1 N–H and O–H groups in total. The van der Waals surface area contributed by atoms with E-state index in [-0.39, 0.29) is 5.69 Å². The number of rotatable bonds is 4. The van der Waals surface area contributed by atoms with E-state index in [1.807, 2.05) is 13.8 Å². The SMILES string of the molecule is CCNc1nnc(Cn2c(C)c(Br)c(C)nc2=O)s1. The Labute approximate surface area is 123 Å². The Morgan fingerprint density at radius 1 is 1.37 bits per heavy atom. The molecule has 0 saturated carbocycles. The maximum atomic E-state index is 11.9. The van der Waals surface area contributed by atoms with Crippen molar-refractivity contribution in [2.75, 3.05) is 11.9 Å². The third-order valence-electron chi connectivity index (χ3n) is 2.62. The molecule has 0 fully saturated rings. The average Bonchev–Trinajstić information content (AvgIpc) is 2.80. The van der Waals surface area contributed by atoms with Crippen molar-refractivity contribution in [2.24, 2.45) is 0 Å². The highest BCUT2D eigenvalue weighted by Crippen LogP contribution is 2.19. The number of hydrogen-bond acceptors (Lipinski definition) is 6. The van der Waals surface area contributed by atoms with Gasteiger partial charge in [0.15, 0.2) is 0 Å². The van der Waals surface area contributed by atoms with Crippen molar-refractivity contribution in [1.29, 1.82) is 0 Å². The van der Waals surface area contributed by atoms with E-state index < -0.39 is 0 Å². The van der Waals surface area contributed by atoms with Crippen molar-refractivity contribution in [2.45, 2.75) is 27.3 Å². The van der Waals surface area contributed by atoms with Gasteiger partial charge in [-0.25, -0.2) is 4.79 Å². The van der Waals surface area contributed by atoms with E-state index in [9.17, 15) is 4.79 Å². The smallest absolute Gasteiger partial charge is 0.348 e. The molecular weight excluding hydrogens is 330 g/mol. The lowest BCUT2D eigenvalue weighted by atomic mass is 10.3. The zero-order valence-electron chi connectivity index (χ0n) is 10.9. The predicted molar refractivity (Wildman–Crippen MR) is 78.8 cm³/mol. The van der Waals surface area contributed by atoms with E-state index in [1.54, 1.807) is 11.5 Å². The van der Waals surface area contributed by atoms with Gasteiger partial charge in [-0.3, -0.25) is 4.57 Å². The normalized spacial score (nSPS) is 10.7. The van der Waals surface area contributed by atoms with Crippen LogP contribution in [0.5, 0.6) is 0 Å². The van der Waals surface area contributed by atoms with Gasteiger partial charge in [0.05, 0.1) is 16.7 Å². The van der Waals surface area contributed by atoms with Crippen molar-refractivity contribution in [3.05, 3.63) is 31.4 Å². The summed E-state index contributed by atoms with van der Waals surface area (Å²) in [4.78, 5) is 15.9. The summed E-state index contributed by atoms with van der Waals surface area (Å²) in [6.07, 6.45) is 0. The standard InChI is InChI=1S/C11H14BrN5OS/c1-4-13-10-16-15-8(19-10)5-17-7(3)9(12)6(2)14-11(17)18/h4-5H2,1-3H3,(H,13,16). The number of aryl methyl sites for hydroxylation is 1. The molecule has 2 aromatic heterocycles. The highest BCUT2D eigenvalue weighted by atomic mass is 79.9. The van der Waals surface area contributed by atoms with E-state index >= 15 is 0 Å². The monoisotopic (exact) mass is 343 g/mol. The molecule has 0 atom stereocenters. The molecular formula is C11H14BrN5OS. The lowest BCUT2D eigenvalue weighted by Gasteiger charge is -2.10. The molecule has 0 saturated heterocycles. The molecule has 0 unspecified atom stereocenters. The van der Waals surface area contributed by atoms with Gasteiger partial charge < -0.3 is 5.32 Å². The zero-order chi connectivity index (χ0) is 14.0. The first-order valence-corrected chi connectivity index (χ1v) is 7.43. The molecule has 19 heavy (non-hydrogen) atoms. The van der Waals surface area contributed by atoms with Crippen LogP contribution in [-0.2, 0) is 6.54 Å². The van der Waals surface area contributed by atoms with Gasteiger partial charge in [0.1, 0.15) is 5.01 Å². The van der Waals surface area contributed by atoms with Crippen LogP contribution in [0.1, 0.15) is 23.3 Å². The van der Waals surface area contributed by atoms with Gasteiger partial charge in [-0.1, -0.05) is 11.3 Å². The van der Waals surface area contributed by atoms with Crippen LogP contribution in [0.15, 0.2) is 9.27 Å². The van der Waals surface area contributed by atoms with Crippen molar-refractivity contribution in [3.8, 4) is 0 Å². The Morgan fingerprint density at radius 3 is 2.79 bits per heavy atom. The topological polar surface area (TPSA) is 72.7 Å². The van der Waals surface area contributed by atoms with Gasteiger partial charge in [0.2, 0.25) is 5.13 Å². The third-order valence-corrected chi connectivity index (χ3v) is 4.64. The molecule has 2 aromatic rings. The number of anilines is 1. The summed E-state index contributed by atoms with van der Waals surface area (Å²) >= 11 is 4.88. The quantitative estimate of drug-likeness (QED) is 0.918. The Morgan fingerprint density at radius 2 is 2.11 bits per heavy atom. The number of nitrogens with one attached hydrogen (secondary N) is 1. The number of nitrogens with zero attached hydrogens (tertiary/aromatic N) is 4. The molecule has 102 valence electrons. The summed E-state index contributed by atoms with van der Waals surface area (Å²) in [5.41, 5.74) is 1.28. The maximum absolute atomic E-state index is 11.9. The van der Waals surface area contributed by atoms with Crippen molar-refractivity contribution >= 4 is 32.4 Å². The summed E-state index contributed by atoms with van der Waals surface area (Å²) in [7, 11) is 0. The van der Waals surface area contributed by atoms with E-state index in [0.29, 0.717) is 12.2 Å². The molecule has 0 aliphatic carbocycles. The minimum absolute atomic E-state index is 0.265. The van der Waals surface area contributed by atoms with Crippen molar-refractivity contribution in [1.82, 2.24) is 19.7 Å². The van der Waals surface area contributed by atoms with Crippen molar-refractivity contribution in [3.63, 3.8) is 0 Å². The van der Waals surface area contributed by atoms with Crippen LogP contribution >= 0.6 is 27.3 Å². The van der Waals surface area contributed by atoms with Crippen molar-refractivity contribution < 1.29 is 0 Å². The van der Waals surface area contributed by atoms with Crippen LogP contribution < -0.4 is 11.0 Å². The Bertz CT molecular complexity index is 651. The molecule has 2 heterocycles. The van der Waals surface area contributed by atoms with E-state index in [4.69, 9.17) is 0 Å². The zero-order valence-corrected chi connectivity index (χ0v) is 13.3.